The summed E-state index contributed by atoms with van der Waals surface area (Å²) in [5.41, 5.74) is 2.36. The molecule has 1 heterocycles. The van der Waals surface area contributed by atoms with Gasteiger partial charge < -0.3 is 24.4 Å². The Labute approximate surface area is 243 Å². The van der Waals surface area contributed by atoms with E-state index in [-0.39, 0.29) is 11.3 Å². The fraction of sp³-hybridized carbons (Fsp3) is 0.353. The van der Waals surface area contributed by atoms with Gasteiger partial charge in [-0.3, -0.25) is 9.59 Å². The summed E-state index contributed by atoms with van der Waals surface area (Å²) in [5.74, 6) is -0.0952. The van der Waals surface area contributed by atoms with Crippen LogP contribution >= 0.6 is 0 Å². The van der Waals surface area contributed by atoms with Crippen LogP contribution in [0.1, 0.15) is 56.3 Å². The van der Waals surface area contributed by atoms with E-state index in [4.69, 9.17) is 9.47 Å². The first-order valence-corrected chi connectivity index (χ1v) is 14.5. The van der Waals surface area contributed by atoms with E-state index in [1.54, 1.807) is 29.2 Å². The summed E-state index contributed by atoms with van der Waals surface area (Å²) in [6, 6.07) is 23.6. The van der Waals surface area contributed by atoms with Crippen molar-refractivity contribution < 1.29 is 24.2 Å². The molecule has 0 aromatic heterocycles. The summed E-state index contributed by atoms with van der Waals surface area (Å²) < 4.78 is 11.6. The molecule has 216 valence electrons. The van der Waals surface area contributed by atoms with Gasteiger partial charge in [-0.05, 0) is 80.0 Å². The second-order valence-electron chi connectivity index (χ2n) is 10.1. The minimum atomic E-state index is -0.703. The average Bonchev–Trinajstić information content (AvgIpc) is 3.26. The molecule has 0 radical (unpaired) electrons. The van der Waals surface area contributed by atoms with Crippen molar-refractivity contribution in [1.29, 1.82) is 0 Å². The van der Waals surface area contributed by atoms with Crippen molar-refractivity contribution in [2.24, 2.45) is 0 Å². The molecule has 1 N–H and O–H groups in total. The zero-order chi connectivity index (χ0) is 29.2. The number of ketones is 1. The van der Waals surface area contributed by atoms with Crippen molar-refractivity contribution >= 4 is 17.4 Å². The van der Waals surface area contributed by atoms with Gasteiger partial charge in [0.05, 0.1) is 18.2 Å². The lowest BCUT2D eigenvalue weighted by Crippen LogP contribution is -2.33. The molecule has 1 aliphatic heterocycles. The van der Waals surface area contributed by atoms with Crippen molar-refractivity contribution in [1.82, 2.24) is 9.80 Å². The lowest BCUT2D eigenvalue weighted by molar-refractivity contribution is -0.140. The predicted molar refractivity (Wildman–Crippen MR) is 161 cm³/mol. The highest BCUT2D eigenvalue weighted by Gasteiger charge is 2.45. The Hall–Kier alpha value is -4.10. The van der Waals surface area contributed by atoms with E-state index in [2.05, 4.69) is 18.7 Å². The van der Waals surface area contributed by atoms with Crippen molar-refractivity contribution in [3.05, 3.63) is 101 Å². The summed E-state index contributed by atoms with van der Waals surface area (Å²) in [6.45, 7) is 10.3. The zero-order valence-corrected chi connectivity index (χ0v) is 24.2. The number of aliphatic hydroxyl groups excluding tert-OH is 1. The molecular formula is C34H40N2O5. The number of aliphatic hydroxyl groups is 1. The maximum absolute atomic E-state index is 13.4. The highest BCUT2D eigenvalue weighted by atomic mass is 16.5. The molecule has 3 aromatic carbocycles. The van der Waals surface area contributed by atoms with E-state index >= 15 is 0 Å². The second kappa shape index (κ2) is 14.5. The number of likely N-dealkylation sites (tertiary alicyclic amines) is 1. The van der Waals surface area contributed by atoms with Crippen LogP contribution in [0.4, 0.5) is 0 Å². The summed E-state index contributed by atoms with van der Waals surface area (Å²) in [7, 11) is 0. The summed E-state index contributed by atoms with van der Waals surface area (Å²) in [6.07, 6.45) is 1.60. The van der Waals surface area contributed by atoms with Crippen molar-refractivity contribution in [2.75, 3.05) is 32.8 Å². The number of Topliss-reactive ketones (excluding diaryl/α,β-unsaturated/α-hetero) is 1. The fourth-order valence-corrected chi connectivity index (χ4v) is 5.03. The minimum Gasteiger partial charge on any atom is -0.507 e. The van der Waals surface area contributed by atoms with E-state index in [1.165, 1.54) is 0 Å². The zero-order valence-electron chi connectivity index (χ0n) is 24.2. The summed E-state index contributed by atoms with van der Waals surface area (Å²) in [4.78, 5) is 30.6. The fourth-order valence-electron chi connectivity index (χ4n) is 5.03. The molecule has 0 spiro atoms. The van der Waals surface area contributed by atoms with Gasteiger partial charge in [0.25, 0.3) is 11.7 Å². The lowest BCUT2D eigenvalue weighted by Gasteiger charge is -2.27. The number of nitrogens with zero attached hydrogens (tertiary/aromatic N) is 2. The van der Waals surface area contributed by atoms with Crippen molar-refractivity contribution in [3.63, 3.8) is 0 Å². The Morgan fingerprint density at radius 2 is 1.49 bits per heavy atom. The largest absolute Gasteiger partial charge is 0.507 e. The van der Waals surface area contributed by atoms with E-state index < -0.39 is 17.7 Å². The van der Waals surface area contributed by atoms with Crippen LogP contribution in [-0.2, 0) is 16.2 Å². The van der Waals surface area contributed by atoms with Crippen molar-refractivity contribution in [2.45, 2.75) is 46.3 Å². The van der Waals surface area contributed by atoms with E-state index in [1.807, 2.05) is 61.5 Å². The smallest absolute Gasteiger partial charge is 0.295 e. The highest BCUT2D eigenvalue weighted by molar-refractivity contribution is 6.46. The Bertz CT molecular complexity index is 1320. The molecule has 0 bridgehead atoms. The van der Waals surface area contributed by atoms with Gasteiger partial charge in [0.1, 0.15) is 23.9 Å². The maximum atomic E-state index is 13.4. The molecule has 1 atom stereocenters. The van der Waals surface area contributed by atoms with Crippen molar-refractivity contribution in [3.8, 4) is 11.5 Å². The van der Waals surface area contributed by atoms with Gasteiger partial charge >= 0.3 is 0 Å². The predicted octanol–water partition coefficient (Wildman–Crippen LogP) is 6.21. The summed E-state index contributed by atoms with van der Waals surface area (Å²) in [5, 5.41) is 11.4. The molecular weight excluding hydrogens is 516 g/mol. The third-order valence-electron chi connectivity index (χ3n) is 7.35. The Morgan fingerprint density at radius 3 is 2.12 bits per heavy atom. The van der Waals surface area contributed by atoms with E-state index in [0.29, 0.717) is 43.2 Å². The lowest BCUT2D eigenvalue weighted by atomic mass is 9.95. The van der Waals surface area contributed by atoms with Gasteiger partial charge in [-0.2, -0.15) is 0 Å². The Kier molecular flexibility index (Phi) is 10.6. The topological polar surface area (TPSA) is 79.3 Å². The molecule has 0 aliphatic carbocycles. The van der Waals surface area contributed by atoms with Crippen LogP contribution in [-0.4, -0.2) is 59.4 Å². The van der Waals surface area contributed by atoms with Crippen LogP contribution in [0.25, 0.3) is 5.76 Å². The number of carbonyl (C=O) groups is 2. The van der Waals surface area contributed by atoms with E-state index in [9.17, 15) is 14.7 Å². The SMILES string of the molecule is CCCOc1ccc(C(O)=C2C(=O)C(=O)N(CCCN(CC)CC)C2c2ccc(OCc3ccccc3)cc2)cc1. The molecule has 1 fully saturated rings. The molecule has 4 rings (SSSR count). The third kappa shape index (κ3) is 7.35. The molecule has 3 aromatic rings. The molecule has 1 aliphatic rings. The Morgan fingerprint density at radius 1 is 0.854 bits per heavy atom. The van der Waals surface area contributed by atoms with Crippen LogP contribution < -0.4 is 9.47 Å². The normalized spacial score (nSPS) is 16.4. The summed E-state index contributed by atoms with van der Waals surface area (Å²) >= 11 is 0. The maximum Gasteiger partial charge on any atom is 0.295 e. The van der Waals surface area contributed by atoms with Gasteiger partial charge in [-0.15, -0.1) is 0 Å². The molecule has 1 unspecified atom stereocenters. The van der Waals surface area contributed by atoms with Crippen LogP contribution in [0.5, 0.6) is 11.5 Å². The number of carbonyl (C=O) groups excluding carboxylic acids is 2. The monoisotopic (exact) mass is 556 g/mol. The van der Waals surface area contributed by atoms with Gasteiger partial charge in [0.15, 0.2) is 0 Å². The van der Waals surface area contributed by atoms with Gasteiger partial charge in [-0.25, -0.2) is 0 Å². The Balaban J connectivity index is 1.63. The molecule has 1 amide bonds. The quantitative estimate of drug-likeness (QED) is 0.145. The minimum absolute atomic E-state index is 0.0954. The number of hydrogen-bond acceptors (Lipinski definition) is 6. The van der Waals surface area contributed by atoms with E-state index in [0.717, 1.165) is 37.2 Å². The van der Waals surface area contributed by atoms with Crippen LogP contribution in [0.15, 0.2) is 84.4 Å². The van der Waals surface area contributed by atoms with Crippen LogP contribution in [0.3, 0.4) is 0 Å². The van der Waals surface area contributed by atoms with Gasteiger partial charge in [-0.1, -0.05) is 63.2 Å². The second-order valence-corrected chi connectivity index (χ2v) is 10.1. The first-order valence-electron chi connectivity index (χ1n) is 14.5. The van der Waals surface area contributed by atoms with Crippen LogP contribution in [0.2, 0.25) is 0 Å². The number of hydrogen-bond donors (Lipinski definition) is 1. The molecule has 0 saturated carbocycles. The molecule has 41 heavy (non-hydrogen) atoms. The number of amides is 1. The third-order valence-corrected chi connectivity index (χ3v) is 7.35. The number of benzene rings is 3. The first kappa shape index (κ1) is 29.9. The van der Waals surface area contributed by atoms with Gasteiger partial charge in [0, 0.05) is 12.1 Å². The molecule has 1 saturated heterocycles. The standard InChI is InChI=1S/C34H40N2O5/c1-4-23-40-28-19-15-27(16-20-28)32(37)30-31(36(34(39)33(30)38)22-10-21-35(5-2)6-3)26-13-17-29(18-14-26)41-24-25-11-8-7-9-12-25/h7-9,11-20,31,37H,4-6,10,21-24H2,1-3H3. The van der Waals surface area contributed by atoms with Gasteiger partial charge in [0.2, 0.25) is 0 Å². The number of ether oxygens (including phenoxy) is 2. The average molecular weight is 557 g/mol. The first-order chi connectivity index (χ1) is 20.0. The molecule has 7 heteroatoms. The molecule has 7 nitrogen and oxygen atoms in total. The highest BCUT2D eigenvalue weighted by Crippen LogP contribution is 2.40. The van der Waals surface area contributed by atoms with Crippen LogP contribution in [0, 0.1) is 0 Å². The number of rotatable bonds is 14.